The van der Waals surface area contributed by atoms with E-state index in [4.69, 9.17) is 16.3 Å². The van der Waals surface area contributed by atoms with Gasteiger partial charge in [0.1, 0.15) is 11.6 Å². The Morgan fingerprint density at radius 2 is 1.93 bits per heavy atom. The van der Waals surface area contributed by atoms with Crippen LogP contribution in [0.25, 0.3) is 10.9 Å². The number of alkyl halides is 1. The first-order chi connectivity index (χ1) is 13.0. The number of para-hydroxylation sites is 1. The highest BCUT2D eigenvalue weighted by atomic mass is 35.5. The lowest BCUT2D eigenvalue weighted by atomic mass is 10.1. The molecular weight excluding hydrogens is 366 g/mol. The molecule has 0 spiro atoms. The number of nitrogens with one attached hydrogen (secondary N) is 1. The van der Waals surface area contributed by atoms with Gasteiger partial charge in [-0.3, -0.25) is 9.59 Å². The number of ether oxygens (including phenoxy) is 1. The predicted octanol–water partition coefficient (Wildman–Crippen LogP) is 3.65. The fraction of sp³-hybridized carbons (Fsp3) is 0.250. The van der Waals surface area contributed by atoms with E-state index in [0.717, 1.165) is 0 Å². The molecule has 1 unspecified atom stereocenters. The van der Waals surface area contributed by atoms with Crippen molar-refractivity contribution in [1.82, 2.24) is 9.97 Å². The van der Waals surface area contributed by atoms with Crippen molar-refractivity contribution in [3.05, 3.63) is 64.7 Å². The molecule has 1 N–H and O–H groups in total. The number of carbonyl (C=O) groups is 1. The van der Waals surface area contributed by atoms with Crippen LogP contribution in [0.2, 0.25) is 0 Å². The van der Waals surface area contributed by atoms with Gasteiger partial charge in [0, 0.05) is 18.0 Å². The van der Waals surface area contributed by atoms with Gasteiger partial charge in [-0.15, -0.1) is 11.6 Å². The number of anilines is 1. The third kappa shape index (κ3) is 3.95. The van der Waals surface area contributed by atoms with Crippen LogP contribution < -0.4 is 15.2 Å². The second-order valence-corrected chi connectivity index (χ2v) is 6.42. The van der Waals surface area contributed by atoms with E-state index in [-0.39, 0.29) is 23.8 Å². The molecule has 2 aromatic carbocycles. The minimum atomic E-state index is -0.480. The van der Waals surface area contributed by atoms with Crippen LogP contribution in [0, 0.1) is 0 Å². The van der Waals surface area contributed by atoms with Crippen molar-refractivity contribution >= 4 is 34.1 Å². The maximum Gasteiger partial charge on any atom is 0.258 e. The lowest BCUT2D eigenvalue weighted by molar-refractivity contribution is -0.118. The Morgan fingerprint density at radius 1 is 1.22 bits per heavy atom. The number of halogens is 1. The first-order valence-corrected chi connectivity index (χ1v) is 9.09. The zero-order valence-electron chi connectivity index (χ0n) is 15.1. The van der Waals surface area contributed by atoms with Crippen LogP contribution in [0.5, 0.6) is 5.75 Å². The van der Waals surface area contributed by atoms with E-state index in [2.05, 4.69) is 9.97 Å². The number of H-pyrrole nitrogens is 1. The summed E-state index contributed by atoms with van der Waals surface area (Å²) < 4.78 is 5.18. The molecule has 3 aromatic rings. The van der Waals surface area contributed by atoms with Gasteiger partial charge in [-0.2, -0.15) is 0 Å². The van der Waals surface area contributed by atoms with Crippen molar-refractivity contribution in [2.45, 2.75) is 19.4 Å². The van der Waals surface area contributed by atoms with Crippen LogP contribution in [0.15, 0.2) is 53.3 Å². The monoisotopic (exact) mass is 385 g/mol. The molecule has 0 aliphatic rings. The summed E-state index contributed by atoms with van der Waals surface area (Å²) in [5.74, 6) is 1.16. The summed E-state index contributed by atoms with van der Waals surface area (Å²) in [6.07, 6.45) is 0.176. The van der Waals surface area contributed by atoms with Gasteiger partial charge in [0.2, 0.25) is 5.91 Å². The van der Waals surface area contributed by atoms with Crippen LogP contribution in [0.3, 0.4) is 0 Å². The summed E-state index contributed by atoms with van der Waals surface area (Å²) in [6.45, 7) is 1.82. The number of aromatic amines is 1. The Morgan fingerprint density at radius 3 is 2.59 bits per heavy atom. The zero-order chi connectivity index (χ0) is 19.4. The van der Waals surface area contributed by atoms with E-state index < -0.39 is 6.04 Å². The summed E-state index contributed by atoms with van der Waals surface area (Å²) in [6, 6.07) is 13.8. The summed E-state index contributed by atoms with van der Waals surface area (Å²) in [4.78, 5) is 34.1. The van der Waals surface area contributed by atoms with Gasteiger partial charge >= 0.3 is 0 Å². The molecule has 7 heteroatoms. The van der Waals surface area contributed by atoms with Gasteiger partial charge < -0.3 is 14.6 Å². The van der Waals surface area contributed by atoms with Crippen molar-refractivity contribution < 1.29 is 9.53 Å². The lowest BCUT2D eigenvalue weighted by Crippen LogP contribution is -2.35. The molecule has 1 atom stereocenters. The smallest absolute Gasteiger partial charge is 0.258 e. The summed E-state index contributed by atoms with van der Waals surface area (Å²) >= 11 is 5.79. The number of fused-ring (bicyclic) bond motifs is 1. The van der Waals surface area contributed by atoms with E-state index in [0.29, 0.717) is 28.2 Å². The van der Waals surface area contributed by atoms with Gasteiger partial charge in [-0.25, -0.2) is 4.98 Å². The van der Waals surface area contributed by atoms with Crippen LogP contribution in [0.4, 0.5) is 5.69 Å². The molecule has 0 saturated heterocycles. The largest absolute Gasteiger partial charge is 0.497 e. The summed E-state index contributed by atoms with van der Waals surface area (Å²) in [7, 11) is 1.58. The Balaban J connectivity index is 2.05. The van der Waals surface area contributed by atoms with Crippen molar-refractivity contribution in [2.24, 2.45) is 0 Å². The molecule has 1 amide bonds. The number of hydrogen-bond acceptors (Lipinski definition) is 4. The maximum atomic E-state index is 12.8. The highest BCUT2D eigenvalue weighted by Crippen LogP contribution is 2.28. The van der Waals surface area contributed by atoms with Crippen molar-refractivity contribution in [1.29, 1.82) is 0 Å². The fourth-order valence-corrected chi connectivity index (χ4v) is 3.11. The average molecular weight is 386 g/mol. The molecule has 140 valence electrons. The number of aromatic nitrogens is 2. The second-order valence-electron chi connectivity index (χ2n) is 6.05. The Bertz CT molecular complexity index is 1000. The average Bonchev–Trinajstić information content (AvgIpc) is 2.69. The number of nitrogens with zero attached hydrogens (tertiary/aromatic N) is 2. The Hall–Kier alpha value is -2.86. The molecule has 0 aliphatic heterocycles. The molecule has 0 bridgehead atoms. The van der Waals surface area contributed by atoms with Gasteiger partial charge in [-0.1, -0.05) is 12.1 Å². The van der Waals surface area contributed by atoms with Crippen molar-refractivity contribution in [3.8, 4) is 5.75 Å². The molecule has 27 heavy (non-hydrogen) atoms. The number of methoxy groups -OCH3 is 1. The first-order valence-electron chi connectivity index (χ1n) is 8.56. The van der Waals surface area contributed by atoms with E-state index >= 15 is 0 Å². The SMILES string of the molecule is COc1ccc(N(C(=O)CCCl)C(C)c2nc3ccccc3c(=O)[nH]2)cc1. The second kappa shape index (κ2) is 8.22. The van der Waals surface area contributed by atoms with Gasteiger partial charge in [0.15, 0.2) is 0 Å². The molecule has 0 saturated carbocycles. The molecule has 3 rings (SSSR count). The standard InChI is InChI=1S/C20H20ClN3O3/c1-13(19-22-17-6-4-3-5-16(17)20(26)23-19)24(18(25)11-12-21)14-7-9-15(27-2)10-8-14/h3-10,13H,11-12H2,1-2H3,(H,22,23,26). The minimum Gasteiger partial charge on any atom is -0.497 e. The van der Waals surface area contributed by atoms with E-state index in [1.807, 2.05) is 13.0 Å². The van der Waals surface area contributed by atoms with Crippen LogP contribution in [-0.2, 0) is 4.79 Å². The Kier molecular flexibility index (Phi) is 5.76. The summed E-state index contributed by atoms with van der Waals surface area (Å²) in [5.41, 5.74) is 1.03. The zero-order valence-corrected chi connectivity index (χ0v) is 15.9. The van der Waals surface area contributed by atoms with Gasteiger partial charge in [-0.05, 0) is 43.3 Å². The number of rotatable bonds is 6. The van der Waals surface area contributed by atoms with Crippen LogP contribution >= 0.6 is 11.6 Å². The van der Waals surface area contributed by atoms with E-state index in [9.17, 15) is 9.59 Å². The summed E-state index contributed by atoms with van der Waals surface area (Å²) in [5, 5.41) is 0.511. The fourth-order valence-electron chi connectivity index (χ4n) is 2.95. The predicted molar refractivity (Wildman–Crippen MR) is 107 cm³/mol. The highest BCUT2D eigenvalue weighted by molar-refractivity contribution is 6.19. The third-order valence-electron chi connectivity index (χ3n) is 4.34. The molecule has 1 aromatic heterocycles. The highest BCUT2D eigenvalue weighted by Gasteiger charge is 2.25. The normalized spacial score (nSPS) is 12.0. The number of hydrogen-bond donors (Lipinski definition) is 1. The van der Waals surface area contributed by atoms with Gasteiger partial charge in [0.05, 0.1) is 24.1 Å². The third-order valence-corrected chi connectivity index (χ3v) is 4.53. The molecule has 1 heterocycles. The molecular formula is C20H20ClN3O3. The molecule has 0 radical (unpaired) electrons. The van der Waals surface area contributed by atoms with E-state index in [1.54, 1.807) is 54.5 Å². The van der Waals surface area contributed by atoms with Crippen molar-refractivity contribution in [2.75, 3.05) is 17.9 Å². The lowest BCUT2D eigenvalue weighted by Gasteiger charge is -2.29. The number of amides is 1. The van der Waals surface area contributed by atoms with Gasteiger partial charge in [0.25, 0.3) is 5.56 Å². The van der Waals surface area contributed by atoms with Crippen molar-refractivity contribution in [3.63, 3.8) is 0 Å². The maximum absolute atomic E-state index is 12.8. The van der Waals surface area contributed by atoms with Crippen LogP contribution in [-0.4, -0.2) is 28.9 Å². The van der Waals surface area contributed by atoms with E-state index in [1.165, 1.54) is 0 Å². The number of benzene rings is 2. The Labute approximate surface area is 161 Å². The van der Waals surface area contributed by atoms with Crippen LogP contribution in [0.1, 0.15) is 25.2 Å². The molecule has 0 fully saturated rings. The molecule has 6 nitrogen and oxygen atoms in total. The quantitative estimate of drug-likeness (QED) is 0.657. The number of carbonyl (C=O) groups excluding carboxylic acids is 1. The minimum absolute atomic E-state index is 0.154. The topological polar surface area (TPSA) is 75.3 Å². The first kappa shape index (κ1) is 18.9. The molecule has 0 aliphatic carbocycles.